The van der Waals surface area contributed by atoms with Gasteiger partial charge in [0.25, 0.3) is 0 Å². The minimum atomic E-state index is 0.00856. The lowest BCUT2D eigenvalue weighted by atomic mass is 10.0. The van der Waals surface area contributed by atoms with Crippen LogP contribution in [-0.2, 0) is 11.2 Å². The second kappa shape index (κ2) is 5.59. The van der Waals surface area contributed by atoms with Crippen LogP contribution in [0.2, 0.25) is 0 Å². The predicted octanol–water partition coefficient (Wildman–Crippen LogP) is 1.81. The number of piperidine rings is 1. The van der Waals surface area contributed by atoms with Crippen LogP contribution in [0.3, 0.4) is 0 Å². The zero-order chi connectivity index (χ0) is 14.1. The maximum absolute atomic E-state index is 5.58. The third-order valence-corrected chi connectivity index (χ3v) is 5.23. The van der Waals surface area contributed by atoms with Crippen molar-refractivity contribution in [2.45, 2.75) is 31.5 Å². The summed E-state index contributed by atoms with van der Waals surface area (Å²) in [6, 6.07) is 8.91. The van der Waals surface area contributed by atoms with Crippen molar-refractivity contribution in [1.29, 1.82) is 0 Å². The minimum Gasteiger partial charge on any atom is -0.379 e. The van der Waals surface area contributed by atoms with E-state index in [1.807, 2.05) is 0 Å². The van der Waals surface area contributed by atoms with Crippen LogP contribution in [0.25, 0.3) is 0 Å². The topological polar surface area (TPSA) is 27.7 Å². The fraction of sp³-hybridized carbons (Fsp3) is 0.647. The van der Waals surface area contributed by atoms with Crippen molar-refractivity contribution in [3.63, 3.8) is 0 Å². The number of anilines is 1. The molecule has 114 valence electrons. The molecule has 3 aliphatic rings. The first-order valence-corrected chi connectivity index (χ1v) is 8.33. The van der Waals surface area contributed by atoms with Gasteiger partial charge in [-0.05, 0) is 43.9 Å². The van der Waals surface area contributed by atoms with Gasteiger partial charge in [-0.2, -0.15) is 0 Å². The summed E-state index contributed by atoms with van der Waals surface area (Å²) < 4.78 is 5.58. The first kappa shape index (κ1) is 13.6. The Labute approximate surface area is 127 Å². The van der Waals surface area contributed by atoms with Crippen molar-refractivity contribution in [1.82, 2.24) is 10.2 Å². The number of nitrogens with one attached hydrogen (secondary N) is 1. The molecule has 2 saturated heterocycles. The highest BCUT2D eigenvalue weighted by Crippen LogP contribution is 2.38. The van der Waals surface area contributed by atoms with Crippen LogP contribution in [0.1, 0.15) is 24.8 Å². The summed E-state index contributed by atoms with van der Waals surface area (Å²) in [4.78, 5) is 5.25. The molecule has 0 saturated carbocycles. The Balaban J connectivity index is 1.69. The minimum absolute atomic E-state index is 0.00856. The number of ether oxygens (including phenoxy) is 1. The lowest BCUT2D eigenvalue weighted by Crippen LogP contribution is -2.72. The average Bonchev–Trinajstić information content (AvgIpc) is 3.01. The maximum atomic E-state index is 5.58. The number of hydrogen-bond donors (Lipinski definition) is 1. The number of rotatable bonds is 2. The van der Waals surface area contributed by atoms with E-state index in [4.69, 9.17) is 4.74 Å². The van der Waals surface area contributed by atoms with Gasteiger partial charge in [0.1, 0.15) is 5.79 Å². The Hall–Kier alpha value is -1.10. The zero-order valence-corrected chi connectivity index (χ0v) is 12.7. The fourth-order valence-electron chi connectivity index (χ4n) is 4.20. The van der Waals surface area contributed by atoms with E-state index in [-0.39, 0.29) is 5.79 Å². The molecule has 1 N–H and O–H groups in total. The number of fused-ring (bicyclic) bond motifs is 1. The molecule has 4 rings (SSSR count). The Morgan fingerprint density at radius 2 is 1.90 bits per heavy atom. The highest BCUT2D eigenvalue weighted by Gasteiger charge is 2.45. The summed E-state index contributed by atoms with van der Waals surface area (Å²) in [5.41, 5.74) is 2.93. The number of morpholine rings is 1. The molecule has 3 aliphatic heterocycles. The van der Waals surface area contributed by atoms with Crippen LogP contribution in [-0.4, -0.2) is 50.1 Å². The molecule has 0 aromatic heterocycles. The van der Waals surface area contributed by atoms with Crippen molar-refractivity contribution in [3.8, 4) is 0 Å². The molecule has 1 aromatic carbocycles. The van der Waals surface area contributed by atoms with Crippen LogP contribution < -0.4 is 10.2 Å². The van der Waals surface area contributed by atoms with Crippen LogP contribution >= 0.6 is 0 Å². The molecule has 0 amide bonds. The third-order valence-electron chi connectivity index (χ3n) is 5.23. The van der Waals surface area contributed by atoms with E-state index in [0.29, 0.717) is 0 Å². The molecule has 0 aliphatic carbocycles. The van der Waals surface area contributed by atoms with Crippen LogP contribution in [0, 0.1) is 0 Å². The third kappa shape index (κ3) is 2.26. The predicted molar refractivity (Wildman–Crippen MR) is 84.5 cm³/mol. The SMILES string of the molecule is c1ccc2c(c1)CCN2C1(N2CCOCC2)CCCCN1. The highest BCUT2D eigenvalue weighted by atomic mass is 16.5. The normalized spacial score (nSPS) is 30.4. The van der Waals surface area contributed by atoms with Crippen molar-refractivity contribution in [3.05, 3.63) is 29.8 Å². The van der Waals surface area contributed by atoms with Gasteiger partial charge in [0.15, 0.2) is 0 Å². The van der Waals surface area contributed by atoms with E-state index in [2.05, 4.69) is 39.4 Å². The molecule has 1 atom stereocenters. The molecule has 4 heteroatoms. The molecule has 0 spiro atoms. The van der Waals surface area contributed by atoms with Crippen molar-refractivity contribution >= 4 is 5.69 Å². The summed E-state index contributed by atoms with van der Waals surface area (Å²) in [5, 5.41) is 3.88. The molecule has 0 bridgehead atoms. The van der Waals surface area contributed by atoms with E-state index >= 15 is 0 Å². The van der Waals surface area contributed by atoms with E-state index in [1.54, 1.807) is 0 Å². The molecule has 1 aromatic rings. The Bertz CT molecular complexity index is 493. The van der Waals surface area contributed by atoms with E-state index in [1.165, 1.54) is 36.9 Å². The van der Waals surface area contributed by atoms with Gasteiger partial charge in [-0.25, -0.2) is 0 Å². The fourth-order valence-corrected chi connectivity index (χ4v) is 4.20. The largest absolute Gasteiger partial charge is 0.379 e. The standard InChI is InChI=1S/C17H25N3O/c1-2-6-16-15(5-1)7-10-20(16)17(8-3-4-9-18-17)19-11-13-21-14-12-19/h1-2,5-6,18H,3-4,7-14H2. The van der Waals surface area contributed by atoms with E-state index in [9.17, 15) is 0 Å². The summed E-state index contributed by atoms with van der Waals surface area (Å²) in [6.45, 7) is 6.04. The first-order valence-electron chi connectivity index (χ1n) is 8.33. The van der Waals surface area contributed by atoms with Crippen molar-refractivity contribution < 1.29 is 4.74 Å². The number of para-hydroxylation sites is 1. The molecular weight excluding hydrogens is 262 g/mol. The van der Waals surface area contributed by atoms with Crippen molar-refractivity contribution in [2.75, 3.05) is 44.3 Å². The van der Waals surface area contributed by atoms with Gasteiger partial charge < -0.3 is 9.64 Å². The first-order chi connectivity index (χ1) is 10.4. The number of hydrogen-bond acceptors (Lipinski definition) is 4. The monoisotopic (exact) mass is 287 g/mol. The molecule has 21 heavy (non-hydrogen) atoms. The lowest BCUT2D eigenvalue weighted by molar-refractivity contribution is -0.0489. The Morgan fingerprint density at radius 3 is 2.71 bits per heavy atom. The second-order valence-corrected chi connectivity index (χ2v) is 6.33. The Morgan fingerprint density at radius 1 is 1.05 bits per heavy atom. The quantitative estimate of drug-likeness (QED) is 0.898. The van der Waals surface area contributed by atoms with Gasteiger partial charge in [-0.15, -0.1) is 0 Å². The van der Waals surface area contributed by atoms with Crippen LogP contribution in [0.4, 0.5) is 5.69 Å². The molecule has 1 unspecified atom stereocenters. The summed E-state index contributed by atoms with van der Waals surface area (Å²) in [5.74, 6) is 0.00856. The van der Waals surface area contributed by atoms with Gasteiger partial charge in [0.2, 0.25) is 0 Å². The maximum Gasteiger partial charge on any atom is 0.148 e. The van der Waals surface area contributed by atoms with Gasteiger partial charge in [-0.3, -0.25) is 10.2 Å². The lowest BCUT2D eigenvalue weighted by Gasteiger charge is -2.54. The molecular formula is C17H25N3O. The second-order valence-electron chi connectivity index (χ2n) is 6.33. The van der Waals surface area contributed by atoms with Crippen molar-refractivity contribution in [2.24, 2.45) is 0 Å². The van der Waals surface area contributed by atoms with E-state index in [0.717, 1.165) is 39.4 Å². The summed E-state index contributed by atoms with van der Waals surface area (Å²) in [6.07, 6.45) is 4.98. The molecule has 3 heterocycles. The van der Waals surface area contributed by atoms with Gasteiger partial charge in [0.05, 0.1) is 13.2 Å². The van der Waals surface area contributed by atoms with Gasteiger partial charge in [0, 0.05) is 25.3 Å². The highest BCUT2D eigenvalue weighted by molar-refractivity contribution is 5.59. The molecule has 4 nitrogen and oxygen atoms in total. The summed E-state index contributed by atoms with van der Waals surface area (Å²) in [7, 11) is 0. The van der Waals surface area contributed by atoms with Gasteiger partial charge >= 0.3 is 0 Å². The van der Waals surface area contributed by atoms with Crippen LogP contribution in [0.5, 0.6) is 0 Å². The molecule has 2 fully saturated rings. The van der Waals surface area contributed by atoms with Crippen LogP contribution in [0.15, 0.2) is 24.3 Å². The smallest absolute Gasteiger partial charge is 0.148 e. The average molecular weight is 287 g/mol. The zero-order valence-electron chi connectivity index (χ0n) is 12.7. The number of benzene rings is 1. The van der Waals surface area contributed by atoms with E-state index < -0.39 is 0 Å². The van der Waals surface area contributed by atoms with Gasteiger partial charge in [-0.1, -0.05) is 18.2 Å². The summed E-state index contributed by atoms with van der Waals surface area (Å²) >= 11 is 0. The number of nitrogens with zero attached hydrogens (tertiary/aromatic N) is 2. The Kier molecular flexibility index (Phi) is 3.61. The molecule has 0 radical (unpaired) electrons.